The van der Waals surface area contributed by atoms with Crippen LogP contribution in [0.3, 0.4) is 0 Å². The Hall–Kier alpha value is -1.38. The van der Waals surface area contributed by atoms with E-state index in [1.807, 2.05) is 11.6 Å². The molecule has 2 heterocycles. The summed E-state index contributed by atoms with van der Waals surface area (Å²) in [6, 6.07) is -0.0175. The number of hydrogen-bond donors (Lipinski definition) is 2. The van der Waals surface area contributed by atoms with Crippen LogP contribution in [-0.2, 0) is 19.4 Å². The molecule has 0 fully saturated rings. The van der Waals surface area contributed by atoms with E-state index in [-0.39, 0.29) is 6.04 Å². The van der Waals surface area contributed by atoms with E-state index in [4.69, 9.17) is 5.84 Å². The molecule has 0 bridgehead atoms. The van der Waals surface area contributed by atoms with Crippen LogP contribution >= 0.6 is 11.5 Å². The third-order valence-corrected chi connectivity index (χ3v) is 3.85. The fourth-order valence-electron chi connectivity index (χ4n) is 2.01. The Morgan fingerprint density at radius 3 is 3.00 bits per heavy atom. The molecular formula is C11H19N7S. The van der Waals surface area contributed by atoms with Crippen molar-refractivity contribution >= 4 is 11.5 Å². The van der Waals surface area contributed by atoms with Gasteiger partial charge in [-0.2, -0.15) is 5.10 Å². The molecule has 0 amide bonds. The maximum absolute atomic E-state index is 5.68. The van der Waals surface area contributed by atoms with Gasteiger partial charge in [-0.3, -0.25) is 16.0 Å². The number of rotatable bonds is 7. The Kier molecular flexibility index (Phi) is 4.94. The molecular weight excluding hydrogens is 262 g/mol. The summed E-state index contributed by atoms with van der Waals surface area (Å²) in [5.41, 5.74) is 3.87. The largest absolute Gasteiger partial charge is 0.271 e. The summed E-state index contributed by atoms with van der Waals surface area (Å²) in [6.07, 6.45) is 4.22. The minimum atomic E-state index is -0.0175. The van der Waals surface area contributed by atoms with E-state index in [0.717, 1.165) is 35.8 Å². The van der Waals surface area contributed by atoms with Crippen molar-refractivity contribution in [1.82, 2.24) is 29.8 Å². The Balaban J connectivity index is 2.18. The Morgan fingerprint density at radius 2 is 2.32 bits per heavy atom. The van der Waals surface area contributed by atoms with Crippen LogP contribution in [0.25, 0.3) is 0 Å². The first-order chi connectivity index (χ1) is 9.30. The SMILES string of the molecule is CCCc1nnsc1C(Cc1ncnn1CC)NN. The van der Waals surface area contributed by atoms with Crippen molar-refractivity contribution in [2.45, 2.75) is 45.7 Å². The number of nitrogens with two attached hydrogens (primary N) is 1. The van der Waals surface area contributed by atoms with Gasteiger partial charge in [-0.05, 0) is 24.9 Å². The number of aryl methyl sites for hydroxylation is 2. The fraction of sp³-hybridized carbons (Fsp3) is 0.636. The molecule has 0 aliphatic carbocycles. The molecule has 104 valence electrons. The molecule has 0 aliphatic rings. The number of nitrogens with one attached hydrogen (secondary N) is 1. The van der Waals surface area contributed by atoms with Crippen molar-refractivity contribution in [2.24, 2.45) is 5.84 Å². The predicted octanol–water partition coefficient (Wildman–Crippen LogP) is 0.849. The van der Waals surface area contributed by atoms with E-state index in [1.165, 1.54) is 11.5 Å². The fourth-order valence-corrected chi connectivity index (χ4v) is 2.76. The zero-order chi connectivity index (χ0) is 13.7. The topological polar surface area (TPSA) is 94.5 Å². The average molecular weight is 281 g/mol. The zero-order valence-electron chi connectivity index (χ0n) is 11.2. The summed E-state index contributed by atoms with van der Waals surface area (Å²) in [4.78, 5) is 5.37. The molecule has 7 nitrogen and oxygen atoms in total. The van der Waals surface area contributed by atoms with Gasteiger partial charge in [-0.25, -0.2) is 4.98 Å². The van der Waals surface area contributed by atoms with E-state index in [9.17, 15) is 0 Å². The van der Waals surface area contributed by atoms with Crippen molar-refractivity contribution in [3.8, 4) is 0 Å². The number of hydrogen-bond acceptors (Lipinski definition) is 7. The monoisotopic (exact) mass is 281 g/mol. The minimum Gasteiger partial charge on any atom is -0.271 e. The lowest BCUT2D eigenvalue weighted by atomic mass is 10.1. The summed E-state index contributed by atoms with van der Waals surface area (Å²) < 4.78 is 5.91. The quantitative estimate of drug-likeness (QED) is 0.577. The first-order valence-electron chi connectivity index (χ1n) is 6.44. The van der Waals surface area contributed by atoms with Gasteiger partial charge in [-0.1, -0.05) is 17.8 Å². The number of aromatic nitrogens is 5. The van der Waals surface area contributed by atoms with Crippen molar-refractivity contribution in [3.05, 3.63) is 22.7 Å². The maximum Gasteiger partial charge on any atom is 0.138 e. The Morgan fingerprint density at radius 1 is 1.47 bits per heavy atom. The lowest BCUT2D eigenvalue weighted by Gasteiger charge is -2.14. The molecule has 1 atom stereocenters. The summed E-state index contributed by atoms with van der Waals surface area (Å²) in [6.45, 7) is 4.97. The normalized spacial score (nSPS) is 12.8. The van der Waals surface area contributed by atoms with Crippen LogP contribution in [0.5, 0.6) is 0 Å². The Labute approximate surface area is 116 Å². The first-order valence-corrected chi connectivity index (χ1v) is 7.21. The van der Waals surface area contributed by atoms with Crippen LogP contribution < -0.4 is 11.3 Å². The molecule has 0 saturated heterocycles. The van der Waals surface area contributed by atoms with Gasteiger partial charge in [0.2, 0.25) is 0 Å². The van der Waals surface area contributed by atoms with Crippen LogP contribution in [0.4, 0.5) is 0 Å². The highest BCUT2D eigenvalue weighted by Gasteiger charge is 2.20. The van der Waals surface area contributed by atoms with Gasteiger partial charge in [-0.15, -0.1) is 5.10 Å². The Bertz CT molecular complexity index is 507. The molecule has 0 spiro atoms. The highest BCUT2D eigenvalue weighted by atomic mass is 32.1. The molecule has 2 aromatic rings. The van der Waals surface area contributed by atoms with Crippen molar-refractivity contribution in [2.75, 3.05) is 0 Å². The molecule has 0 aromatic carbocycles. The summed E-state index contributed by atoms with van der Waals surface area (Å²) in [5, 5.41) is 8.35. The van der Waals surface area contributed by atoms with Crippen LogP contribution in [0, 0.1) is 0 Å². The average Bonchev–Trinajstić information content (AvgIpc) is 3.05. The predicted molar refractivity (Wildman–Crippen MR) is 73.4 cm³/mol. The van der Waals surface area contributed by atoms with Crippen LogP contribution in [-0.4, -0.2) is 24.4 Å². The lowest BCUT2D eigenvalue weighted by Crippen LogP contribution is -2.30. The molecule has 8 heteroatoms. The summed E-state index contributed by atoms with van der Waals surface area (Å²) in [5.74, 6) is 6.60. The van der Waals surface area contributed by atoms with Gasteiger partial charge in [0, 0.05) is 13.0 Å². The highest BCUT2D eigenvalue weighted by molar-refractivity contribution is 7.05. The van der Waals surface area contributed by atoms with Crippen molar-refractivity contribution in [1.29, 1.82) is 0 Å². The van der Waals surface area contributed by atoms with E-state index >= 15 is 0 Å². The maximum atomic E-state index is 5.68. The molecule has 19 heavy (non-hydrogen) atoms. The number of hydrazine groups is 1. The second kappa shape index (κ2) is 6.69. The van der Waals surface area contributed by atoms with Gasteiger partial charge < -0.3 is 0 Å². The van der Waals surface area contributed by atoms with E-state index in [1.54, 1.807) is 6.33 Å². The second-order valence-corrected chi connectivity index (χ2v) is 5.03. The molecule has 2 rings (SSSR count). The zero-order valence-corrected chi connectivity index (χ0v) is 12.0. The van der Waals surface area contributed by atoms with Crippen molar-refractivity contribution < 1.29 is 0 Å². The van der Waals surface area contributed by atoms with E-state index in [0.29, 0.717) is 6.42 Å². The highest BCUT2D eigenvalue weighted by Crippen LogP contribution is 2.23. The third kappa shape index (κ3) is 3.14. The molecule has 0 saturated carbocycles. The second-order valence-electron chi connectivity index (χ2n) is 4.25. The molecule has 0 radical (unpaired) electrons. The molecule has 3 N–H and O–H groups in total. The lowest BCUT2D eigenvalue weighted by molar-refractivity contribution is 0.512. The minimum absolute atomic E-state index is 0.0175. The summed E-state index contributed by atoms with van der Waals surface area (Å²) >= 11 is 1.40. The van der Waals surface area contributed by atoms with Gasteiger partial charge in [0.05, 0.1) is 16.6 Å². The summed E-state index contributed by atoms with van der Waals surface area (Å²) in [7, 11) is 0. The molecule has 0 aliphatic heterocycles. The third-order valence-electron chi connectivity index (χ3n) is 2.97. The van der Waals surface area contributed by atoms with Gasteiger partial charge in [0.15, 0.2) is 0 Å². The van der Waals surface area contributed by atoms with Crippen LogP contribution in [0.2, 0.25) is 0 Å². The van der Waals surface area contributed by atoms with E-state index < -0.39 is 0 Å². The molecule has 1 unspecified atom stereocenters. The van der Waals surface area contributed by atoms with Gasteiger partial charge in [0.25, 0.3) is 0 Å². The van der Waals surface area contributed by atoms with Gasteiger partial charge >= 0.3 is 0 Å². The van der Waals surface area contributed by atoms with Crippen LogP contribution in [0.1, 0.15) is 42.7 Å². The smallest absolute Gasteiger partial charge is 0.138 e. The van der Waals surface area contributed by atoms with Crippen LogP contribution in [0.15, 0.2) is 6.33 Å². The van der Waals surface area contributed by atoms with Gasteiger partial charge in [0.1, 0.15) is 12.2 Å². The first kappa shape index (κ1) is 14.0. The molecule has 2 aromatic heterocycles. The van der Waals surface area contributed by atoms with Crippen molar-refractivity contribution in [3.63, 3.8) is 0 Å². The standard InChI is InChI=1S/C11H19N7S/c1-3-5-8-11(19-17-16-8)9(15-12)6-10-13-7-14-18(10)4-2/h7,9,15H,3-6,12H2,1-2H3. The number of nitrogens with zero attached hydrogens (tertiary/aromatic N) is 5. The van der Waals surface area contributed by atoms with E-state index in [2.05, 4.69) is 32.0 Å².